The topological polar surface area (TPSA) is 84.2 Å². The number of benzene rings is 1. The van der Waals surface area contributed by atoms with Gasteiger partial charge < -0.3 is 15.0 Å². The lowest BCUT2D eigenvalue weighted by Crippen LogP contribution is -2.40. The number of nitrogens with one attached hydrogen (secondary N) is 1. The first-order valence-corrected chi connectivity index (χ1v) is 6.97. The summed E-state index contributed by atoms with van der Waals surface area (Å²) >= 11 is 0. The predicted molar refractivity (Wildman–Crippen MR) is 79.1 cm³/mol. The molecule has 0 aliphatic carbocycles. The molecule has 0 unspecified atom stereocenters. The highest BCUT2D eigenvalue weighted by atomic mass is 16.4. The van der Waals surface area contributed by atoms with Crippen LogP contribution in [0.2, 0.25) is 0 Å². The summed E-state index contributed by atoms with van der Waals surface area (Å²) in [7, 11) is 1.88. The minimum Gasteiger partial charge on any atom is -0.480 e. The zero-order chi connectivity index (χ0) is 15.4. The van der Waals surface area contributed by atoms with Crippen molar-refractivity contribution in [1.82, 2.24) is 14.9 Å². The van der Waals surface area contributed by atoms with Gasteiger partial charge in [0.1, 0.15) is 6.04 Å². The van der Waals surface area contributed by atoms with Gasteiger partial charge in [-0.1, -0.05) is 19.8 Å². The number of rotatable bonds is 6. The van der Waals surface area contributed by atoms with Gasteiger partial charge in [0.25, 0.3) is 5.91 Å². The van der Waals surface area contributed by atoms with Crippen LogP contribution in [0.5, 0.6) is 0 Å². The highest BCUT2D eigenvalue weighted by molar-refractivity contribution is 5.99. The van der Waals surface area contributed by atoms with Crippen molar-refractivity contribution >= 4 is 22.9 Å². The van der Waals surface area contributed by atoms with Gasteiger partial charge in [0.15, 0.2) is 0 Å². The van der Waals surface area contributed by atoms with Gasteiger partial charge >= 0.3 is 5.97 Å². The third-order valence-corrected chi connectivity index (χ3v) is 3.44. The largest absolute Gasteiger partial charge is 0.480 e. The summed E-state index contributed by atoms with van der Waals surface area (Å²) in [5.74, 6) is -1.39. The molecule has 0 aliphatic heterocycles. The molecule has 1 amide bonds. The van der Waals surface area contributed by atoms with E-state index in [2.05, 4.69) is 10.3 Å². The second kappa shape index (κ2) is 6.39. The molecule has 2 N–H and O–H groups in total. The fourth-order valence-corrected chi connectivity index (χ4v) is 2.18. The molecule has 0 bridgehead atoms. The molecule has 0 saturated carbocycles. The molecule has 2 rings (SSSR count). The number of carboxylic acids is 1. The maximum Gasteiger partial charge on any atom is 0.326 e. The van der Waals surface area contributed by atoms with E-state index in [-0.39, 0.29) is 5.91 Å². The Morgan fingerprint density at radius 3 is 2.86 bits per heavy atom. The second-order valence-electron chi connectivity index (χ2n) is 5.07. The van der Waals surface area contributed by atoms with Gasteiger partial charge in [-0.25, -0.2) is 9.78 Å². The maximum absolute atomic E-state index is 12.2. The summed E-state index contributed by atoms with van der Waals surface area (Å²) < 4.78 is 1.86. The fraction of sp³-hybridized carbons (Fsp3) is 0.400. The number of hydrogen-bond acceptors (Lipinski definition) is 3. The van der Waals surface area contributed by atoms with E-state index in [1.54, 1.807) is 24.5 Å². The number of aryl methyl sites for hydroxylation is 1. The van der Waals surface area contributed by atoms with Crippen molar-refractivity contribution in [2.45, 2.75) is 32.2 Å². The molecule has 0 saturated heterocycles. The van der Waals surface area contributed by atoms with E-state index in [4.69, 9.17) is 5.11 Å². The van der Waals surface area contributed by atoms with E-state index in [1.807, 2.05) is 18.5 Å². The highest BCUT2D eigenvalue weighted by Gasteiger charge is 2.20. The van der Waals surface area contributed by atoms with Crippen LogP contribution in [-0.4, -0.2) is 32.6 Å². The average molecular weight is 289 g/mol. The normalized spacial score (nSPS) is 12.3. The van der Waals surface area contributed by atoms with E-state index in [0.29, 0.717) is 17.5 Å². The molecule has 0 fully saturated rings. The lowest BCUT2D eigenvalue weighted by molar-refractivity contribution is -0.139. The maximum atomic E-state index is 12.2. The predicted octanol–water partition coefficient (Wildman–Crippen LogP) is 1.95. The summed E-state index contributed by atoms with van der Waals surface area (Å²) in [5, 5.41) is 11.7. The minimum absolute atomic E-state index is 0.383. The number of hydrogen-bond donors (Lipinski definition) is 2. The van der Waals surface area contributed by atoms with Gasteiger partial charge in [-0.05, 0) is 24.6 Å². The molecule has 0 spiro atoms. The van der Waals surface area contributed by atoms with Crippen molar-refractivity contribution in [3.8, 4) is 0 Å². The van der Waals surface area contributed by atoms with Crippen LogP contribution in [0, 0.1) is 0 Å². The smallest absolute Gasteiger partial charge is 0.326 e. The Balaban J connectivity index is 2.14. The molecule has 0 radical (unpaired) electrons. The van der Waals surface area contributed by atoms with Crippen LogP contribution < -0.4 is 5.32 Å². The van der Waals surface area contributed by atoms with Gasteiger partial charge in [-0.15, -0.1) is 0 Å². The first-order valence-electron chi connectivity index (χ1n) is 6.97. The summed E-state index contributed by atoms with van der Waals surface area (Å²) in [6.07, 6.45) is 3.76. The Labute approximate surface area is 122 Å². The quantitative estimate of drug-likeness (QED) is 0.851. The van der Waals surface area contributed by atoms with Gasteiger partial charge in [0.2, 0.25) is 0 Å². The van der Waals surface area contributed by atoms with E-state index < -0.39 is 12.0 Å². The minimum atomic E-state index is -1.00. The van der Waals surface area contributed by atoms with Gasteiger partial charge in [-0.3, -0.25) is 4.79 Å². The average Bonchev–Trinajstić information content (AvgIpc) is 2.84. The fourth-order valence-electron chi connectivity index (χ4n) is 2.18. The number of aromatic nitrogens is 2. The monoisotopic (exact) mass is 289 g/mol. The summed E-state index contributed by atoms with van der Waals surface area (Å²) in [5.41, 5.74) is 2.06. The van der Waals surface area contributed by atoms with Crippen LogP contribution in [0.3, 0.4) is 0 Å². The van der Waals surface area contributed by atoms with Crippen LogP contribution in [0.25, 0.3) is 11.0 Å². The summed E-state index contributed by atoms with van der Waals surface area (Å²) in [6, 6.07) is 4.30. The van der Waals surface area contributed by atoms with E-state index in [0.717, 1.165) is 18.4 Å². The van der Waals surface area contributed by atoms with Crippen molar-refractivity contribution in [3.05, 3.63) is 30.1 Å². The van der Waals surface area contributed by atoms with Crippen LogP contribution in [0.1, 0.15) is 36.5 Å². The number of fused-ring (bicyclic) bond motifs is 1. The van der Waals surface area contributed by atoms with E-state index in [1.165, 1.54) is 0 Å². The van der Waals surface area contributed by atoms with Crippen molar-refractivity contribution < 1.29 is 14.7 Å². The second-order valence-corrected chi connectivity index (χ2v) is 5.07. The van der Waals surface area contributed by atoms with Gasteiger partial charge in [0, 0.05) is 12.6 Å². The Kier molecular flexibility index (Phi) is 4.57. The van der Waals surface area contributed by atoms with Gasteiger partial charge in [-0.2, -0.15) is 0 Å². The third kappa shape index (κ3) is 3.39. The highest BCUT2D eigenvalue weighted by Crippen LogP contribution is 2.14. The summed E-state index contributed by atoms with van der Waals surface area (Å²) in [4.78, 5) is 27.5. The molecular formula is C15H19N3O3. The molecule has 2 aromatic rings. The van der Waals surface area contributed by atoms with Crippen LogP contribution in [0.15, 0.2) is 24.5 Å². The summed E-state index contributed by atoms with van der Waals surface area (Å²) in [6.45, 7) is 1.98. The number of carbonyl (C=O) groups is 2. The molecule has 6 nitrogen and oxygen atoms in total. The first kappa shape index (κ1) is 15.0. The molecule has 6 heteroatoms. The SMILES string of the molecule is CCCC[C@H](NC(=O)c1ccc2c(c1)ncn2C)C(=O)O. The standard InChI is InChI=1S/C15H19N3O3/c1-3-4-5-11(15(20)21)17-14(19)10-6-7-13-12(8-10)16-9-18(13)2/h6-9,11H,3-5H2,1-2H3,(H,17,19)(H,20,21)/t11-/m0/s1. The van der Waals surface area contributed by atoms with Crippen molar-refractivity contribution in [1.29, 1.82) is 0 Å². The number of unbranched alkanes of at least 4 members (excludes halogenated alkanes) is 1. The zero-order valence-electron chi connectivity index (χ0n) is 12.2. The Bertz CT molecular complexity index is 663. The Hall–Kier alpha value is -2.37. The van der Waals surface area contributed by atoms with E-state index >= 15 is 0 Å². The zero-order valence-corrected chi connectivity index (χ0v) is 12.2. The molecule has 1 aromatic heterocycles. The number of imidazole rings is 1. The first-order chi connectivity index (χ1) is 10.0. The van der Waals surface area contributed by atoms with Crippen molar-refractivity contribution in [2.75, 3.05) is 0 Å². The Morgan fingerprint density at radius 2 is 2.19 bits per heavy atom. The molecule has 112 valence electrons. The number of carbonyl (C=O) groups excluding carboxylic acids is 1. The molecule has 0 aliphatic rings. The molecular weight excluding hydrogens is 270 g/mol. The molecule has 1 heterocycles. The van der Waals surface area contributed by atoms with Crippen LogP contribution >= 0.6 is 0 Å². The van der Waals surface area contributed by atoms with Crippen molar-refractivity contribution in [3.63, 3.8) is 0 Å². The number of amides is 1. The number of carboxylic acid groups (broad SMARTS) is 1. The molecule has 1 atom stereocenters. The van der Waals surface area contributed by atoms with Crippen molar-refractivity contribution in [2.24, 2.45) is 7.05 Å². The number of aliphatic carboxylic acids is 1. The molecule has 1 aromatic carbocycles. The van der Waals surface area contributed by atoms with Crippen LogP contribution in [-0.2, 0) is 11.8 Å². The Morgan fingerprint density at radius 1 is 1.43 bits per heavy atom. The lowest BCUT2D eigenvalue weighted by Gasteiger charge is -2.14. The molecule has 21 heavy (non-hydrogen) atoms. The third-order valence-electron chi connectivity index (χ3n) is 3.44. The van der Waals surface area contributed by atoms with E-state index in [9.17, 15) is 9.59 Å². The number of nitrogens with zero attached hydrogens (tertiary/aromatic N) is 2. The van der Waals surface area contributed by atoms with Crippen LogP contribution in [0.4, 0.5) is 0 Å². The lowest BCUT2D eigenvalue weighted by atomic mass is 10.1. The van der Waals surface area contributed by atoms with Gasteiger partial charge in [0.05, 0.1) is 17.4 Å².